The quantitative estimate of drug-likeness (QED) is 0.272. The molecule has 38 heavy (non-hydrogen) atoms. The molecule has 0 aliphatic carbocycles. The summed E-state index contributed by atoms with van der Waals surface area (Å²) in [6.07, 6.45) is 1.73. The first-order chi connectivity index (χ1) is 18.2. The molecule has 1 aliphatic rings. The lowest BCUT2D eigenvalue weighted by atomic mass is 9.91. The molecule has 0 radical (unpaired) electrons. The first-order valence-corrected chi connectivity index (χ1v) is 13.8. The van der Waals surface area contributed by atoms with Crippen molar-refractivity contribution in [2.24, 2.45) is 11.7 Å². The van der Waals surface area contributed by atoms with Crippen LogP contribution >= 0.6 is 34.3 Å². The third kappa shape index (κ3) is 4.00. The van der Waals surface area contributed by atoms with E-state index in [1.54, 1.807) is 34.8 Å². The lowest BCUT2D eigenvalue weighted by Gasteiger charge is -2.27. The van der Waals surface area contributed by atoms with Crippen molar-refractivity contribution in [3.63, 3.8) is 0 Å². The Morgan fingerprint density at radius 3 is 2.47 bits per heavy atom. The first kappa shape index (κ1) is 24.7. The number of amides is 2. The zero-order valence-electron chi connectivity index (χ0n) is 20.3. The zero-order valence-corrected chi connectivity index (χ0v) is 22.6. The van der Waals surface area contributed by atoms with E-state index < -0.39 is 11.8 Å². The van der Waals surface area contributed by atoms with Crippen molar-refractivity contribution in [3.05, 3.63) is 91.4 Å². The molecule has 0 bridgehead atoms. The number of primary amides is 1. The number of hydrogen-bond donors (Lipinski definition) is 1. The van der Waals surface area contributed by atoms with Gasteiger partial charge in [0.25, 0.3) is 5.91 Å². The number of thiazole rings is 1. The third-order valence-corrected chi connectivity index (χ3v) is 9.47. The summed E-state index contributed by atoms with van der Waals surface area (Å²) in [6, 6.07) is 15.2. The van der Waals surface area contributed by atoms with Gasteiger partial charge in [-0.3, -0.25) is 9.59 Å². The summed E-state index contributed by atoms with van der Waals surface area (Å²) in [7, 11) is 0. The highest BCUT2D eigenvalue weighted by Crippen LogP contribution is 2.52. The summed E-state index contributed by atoms with van der Waals surface area (Å²) in [5, 5.41) is 6.02. The van der Waals surface area contributed by atoms with Gasteiger partial charge in [0.15, 0.2) is 0 Å². The van der Waals surface area contributed by atoms with Crippen LogP contribution in [0.25, 0.3) is 16.6 Å². The Morgan fingerprint density at radius 2 is 1.82 bits per heavy atom. The monoisotopic (exact) mass is 565 g/mol. The molecule has 2 amide bonds. The number of aromatic nitrogens is 3. The van der Waals surface area contributed by atoms with Gasteiger partial charge in [-0.2, -0.15) is 5.10 Å². The molecule has 0 unspecified atom stereocenters. The Balaban J connectivity index is 1.46. The molecule has 7 nitrogen and oxygen atoms in total. The van der Waals surface area contributed by atoms with Crippen molar-refractivity contribution in [3.8, 4) is 5.69 Å². The van der Waals surface area contributed by atoms with Crippen molar-refractivity contribution in [1.82, 2.24) is 14.8 Å². The third-order valence-electron chi connectivity index (χ3n) is 6.89. The minimum absolute atomic E-state index is 0.0525. The van der Waals surface area contributed by atoms with Gasteiger partial charge in [0.1, 0.15) is 10.7 Å². The van der Waals surface area contributed by atoms with Crippen molar-refractivity contribution in [2.45, 2.75) is 25.8 Å². The van der Waals surface area contributed by atoms with Gasteiger partial charge in [0, 0.05) is 27.8 Å². The SMILES string of the molecule is Cc1nc([C@H]2[C@H](C)C(=O)N(c3ccc4c(cnn4-c4ccc(F)cc4)c3)[C@@H]2c2ccc(Cl)s2)sc1C(N)=O. The second-order valence-corrected chi connectivity index (χ2v) is 12.0. The molecule has 3 atom stereocenters. The highest BCUT2D eigenvalue weighted by atomic mass is 35.5. The molecule has 11 heteroatoms. The van der Waals surface area contributed by atoms with Crippen LogP contribution < -0.4 is 10.6 Å². The summed E-state index contributed by atoms with van der Waals surface area (Å²) >= 11 is 8.99. The number of anilines is 1. The van der Waals surface area contributed by atoms with Crippen LogP contribution in [-0.4, -0.2) is 26.6 Å². The number of carbonyl (C=O) groups is 2. The molecular weight excluding hydrogens is 545 g/mol. The van der Waals surface area contributed by atoms with Gasteiger partial charge in [-0.25, -0.2) is 14.1 Å². The number of aryl methyl sites for hydroxylation is 1. The van der Waals surface area contributed by atoms with Crippen molar-refractivity contribution in [2.75, 3.05) is 4.90 Å². The van der Waals surface area contributed by atoms with E-state index in [1.807, 2.05) is 37.3 Å². The van der Waals surface area contributed by atoms with Crippen LogP contribution in [0.5, 0.6) is 0 Å². The topological polar surface area (TPSA) is 94.1 Å². The fraction of sp³-hybridized carbons (Fsp3) is 0.185. The molecule has 3 aromatic heterocycles. The Bertz CT molecular complexity index is 1710. The average molecular weight is 566 g/mol. The van der Waals surface area contributed by atoms with E-state index in [-0.39, 0.29) is 23.7 Å². The van der Waals surface area contributed by atoms with E-state index in [1.165, 1.54) is 34.8 Å². The maximum atomic E-state index is 13.8. The molecule has 4 heterocycles. The summed E-state index contributed by atoms with van der Waals surface area (Å²) in [5.41, 5.74) is 8.41. The van der Waals surface area contributed by atoms with Gasteiger partial charge in [-0.1, -0.05) is 18.5 Å². The molecule has 0 saturated carbocycles. The normalized spacial score (nSPS) is 19.5. The largest absolute Gasteiger partial charge is 0.365 e. The number of thiophene rings is 1. The minimum atomic E-state index is -0.528. The molecular formula is C27H21ClFN5O2S2. The van der Waals surface area contributed by atoms with Crippen LogP contribution in [0, 0.1) is 18.7 Å². The summed E-state index contributed by atoms with van der Waals surface area (Å²) in [6.45, 7) is 3.64. The minimum Gasteiger partial charge on any atom is -0.365 e. The van der Waals surface area contributed by atoms with Crippen molar-refractivity contribution < 1.29 is 14.0 Å². The van der Waals surface area contributed by atoms with Gasteiger partial charge in [0.05, 0.1) is 38.5 Å². The molecule has 1 saturated heterocycles. The maximum absolute atomic E-state index is 13.8. The van der Waals surface area contributed by atoms with Crippen LogP contribution in [0.4, 0.5) is 10.1 Å². The molecule has 192 valence electrons. The molecule has 2 N–H and O–H groups in total. The first-order valence-electron chi connectivity index (χ1n) is 11.8. The molecule has 0 spiro atoms. The number of benzene rings is 2. The number of rotatable bonds is 5. The molecule has 6 rings (SSSR count). The van der Waals surface area contributed by atoms with E-state index in [0.29, 0.717) is 25.6 Å². The highest BCUT2D eigenvalue weighted by Gasteiger charge is 2.50. The highest BCUT2D eigenvalue weighted by molar-refractivity contribution is 7.16. The Morgan fingerprint density at radius 1 is 1.08 bits per heavy atom. The van der Waals surface area contributed by atoms with Crippen LogP contribution in [-0.2, 0) is 4.79 Å². The second kappa shape index (κ2) is 9.30. The molecule has 1 fully saturated rings. The second-order valence-electron chi connectivity index (χ2n) is 9.22. The van der Waals surface area contributed by atoms with Crippen LogP contribution in [0.2, 0.25) is 4.34 Å². The number of nitrogens with two attached hydrogens (primary N) is 1. The summed E-state index contributed by atoms with van der Waals surface area (Å²) < 4.78 is 15.8. The fourth-order valence-corrected chi connectivity index (χ4v) is 7.47. The van der Waals surface area contributed by atoms with E-state index >= 15 is 0 Å². The van der Waals surface area contributed by atoms with Gasteiger partial charge in [-0.05, 0) is 61.5 Å². The number of halogens is 2. The van der Waals surface area contributed by atoms with Gasteiger partial charge < -0.3 is 10.6 Å². The molecule has 1 aliphatic heterocycles. The predicted octanol–water partition coefficient (Wildman–Crippen LogP) is 6.25. The predicted molar refractivity (Wildman–Crippen MR) is 148 cm³/mol. The number of fused-ring (bicyclic) bond motifs is 1. The number of nitrogens with zero attached hydrogens (tertiary/aromatic N) is 4. The van der Waals surface area contributed by atoms with Crippen LogP contribution in [0.15, 0.2) is 60.8 Å². The average Bonchev–Trinajstić information content (AvgIpc) is 3.65. The van der Waals surface area contributed by atoms with Crippen molar-refractivity contribution in [1.29, 1.82) is 0 Å². The number of hydrogen-bond acceptors (Lipinski definition) is 6. The lowest BCUT2D eigenvalue weighted by molar-refractivity contribution is -0.120. The van der Waals surface area contributed by atoms with E-state index in [2.05, 4.69) is 10.1 Å². The van der Waals surface area contributed by atoms with E-state index in [0.717, 1.165) is 21.5 Å². The van der Waals surface area contributed by atoms with Gasteiger partial charge in [0.2, 0.25) is 5.91 Å². The lowest BCUT2D eigenvalue weighted by Crippen LogP contribution is -2.28. The van der Waals surface area contributed by atoms with Crippen LogP contribution in [0.1, 0.15) is 44.1 Å². The maximum Gasteiger partial charge on any atom is 0.260 e. The smallest absolute Gasteiger partial charge is 0.260 e. The summed E-state index contributed by atoms with van der Waals surface area (Å²) in [4.78, 5) is 33.6. The van der Waals surface area contributed by atoms with Crippen LogP contribution in [0.3, 0.4) is 0 Å². The Hall–Kier alpha value is -3.60. The molecule has 5 aromatic rings. The zero-order chi connectivity index (χ0) is 26.7. The van der Waals surface area contributed by atoms with Crippen molar-refractivity contribution >= 4 is 62.7 Å². The van der Waals surface area contributed by atoms with E-state index in [4.69, 9.17) is 17.3 Å². The fourth-order valence-electron chi connectivity index (χ4n) is 5.12. The van der Waals surface area contributed by atoms with E-state index in [9.17, 15) is 14.0 Å². The Kier molecular flexibility index (Phi) is 6.05. The Labute approximate surface area is 230 Å². The summed E-state index contributed by atoms with van der Waals surface area (Å²) in [5.74, 6) is -1.60. The standard InChI is InChI=1S/C27H21ClFN5O2S2/c1-13-22(26-32-14(2)24(38-26)25(30)35)23(20-9-10-21(28)37-20)33(27(13)36)18-7-8-19-15(11-18)12-31-34(19)17-5-3-16(29)4-6-17/h3-13,22-23H,1-2H3,(H2,30,35)/t13-,22-,23+/m0/s1. The number of carbonyl (C=O) groups excluding carboxylic acids is 2. The van der Waals surface area contributed by atoms with Gasteiger partial charge in [-0.15, -0.1) is 22.7 Å². The van der Waals surface area contributed by atoms with Gasteiger partial charge >= 0.3 is 0 Å². The molecule has 2 aromatic carbocycles.